The first-order chi connectivity index (χ1) is 8.33. The number of hydrogen-bond acceptors (Lipinski definition) is 6. The van der Waals surface area contributed by atoms with Crippen LogP contribution in [0.25, 0.3) is 11.6 Å². The van der Waals surface area contributed by atoms with Gasteiger partial charge in [-0.1, -0.05) is 6.92 Å². The SMILES string of the molecule is CCCNc1nc(OC)nc(-c2ccco2)n1. The number of methoxy groups -OCH3 is 1. The molecule has 0 aliphatic carbocycles. The van der Waals surface area contributed by atoms with E-state index in [0.717, 1.165) is 13.0 Å². The Bertz CT molecular complexity index is 470. The van der Waals surface area contributed by atoms with E-state index in [4.69, 9.17) is 9.15 Å². The highest BCUT2D eigenvalue weighted by molar-refractivity contribution is 5.49. The van der Waals surface area contributed by atoms with Crippen molar-refractivity contribution >= 4 is 5.95 Å². The summed E-state index contributed by atoms with van der Waals surface area (Å²) < 4.78 is 10.3. The first-order valence-corrected chi connectivity index (χ1v) is 5.41. The molecule has 2 aromatic heterocycles. The van der Waals surface area contributed by atoms with Gasteiger partial charge in [0.2, 0.25) is 11.8 Å². The molecule has 6 heteroatoms. The van der Waals surface area contributed by atoms with Crippen molar-refractivity contribution in [3.05, 3.63) is 18.4 Å². The van der Waals surface area contributed by atoms with Crippen LogP contribution in [-0.4, -0.2) is 28.6 Å². The Morgan fingerprint density at radius 1 is 1.35 bits per heavy atom. The van der Waals surface area contributed by atoms with Crippen LogP contribution in [0.3, 0.4) is 0 Å². The van der Waals surface area contributed by atoms with Crippen molar-refractivity contribution in [2.24, 2.45) is 0 Å². The zero-order valence-corrected chi connectivity index (χ0v) is 9.80. The van der Waals surface area contributed by atoms with Crippen LogP contribution < -0.4 is 10.1 Å². The summed E-state index contributed by atoms with van der Waals surface area (Å²) in [6.07, 6.45) is 2.56. The average molecular weight is 234 g/mol. The lowest BCUT2D eigenvalue weighted by Crippen LogP contribution is -2.07. The van der Waals surface area contributed by atoms with Crippen LogP contribution >= 0.6 is 0 Å². The summed E-state index contributed by atoms with van der Waals surface area (Å²) in [7, 11) is 1.52. The van der Waals surface area contributed by atoms with Crippen LogP contribution in [-0.2, 0) is 0 Å². The second-order valence-corrected chi connectivity index (χ2v) is 3.37. The molecule has 0 bridgehead atoms. The second-order valence-electron chi connectivity index (χ2n) is 3.37. The van der Waals surface area contributed by atoms with E-state index in [-0.39, 0.29) is 6.01 Å². The van der Waals surface area contributed by atoms with Crippen molar-refractivity contribution < 1.29 is 9.15 Å². The molecule has 0 unspecified atom stereocenters. The van der Waals surface area contributed by atoms with Gasteiger partial charge in [0, 0.05) is 6.54 Å². The lowest BCUT2D eigenvalue weighted by atomic mass is 10.4. The van der Waals surface area contributed by atoms with Crippen molar-refractivity contribution in [2.45, 2.75) is 13.3 Å². The molecular formula is C11H14N4O2. The van der Waals surface area contributed by atoms with Crippen molar-refractivity contribution in [1.82, 2.24) is 15.0 Å². The Hall–Kier alpha value is -2.11. The van der Waals surface area contributed by atoms with Gasteiger partial charge in [-0.2, -0.15) is 15.0 Å². The predicted molar refractivity (Wildman–Crippen MR) is 62.9 cm³/mol. The fraction of sp³-hybridized carbons (Fsp3) is 0.364. The summed E-state index contributed by atoms with van der Waals surface area (Å²) in [6, 6.07) is 3.84. The van der Waals surface area contributed by atoms with Crippen molar-refractivity contribution in [2.75, 3.05) is 19.0 Å². The van der Waals surface area contributed by atoms with Gasteiger partial charge >= 0.3 is 6.01 Å². The highest BCUT2D eigenvalue weighted by atomic mass is 16.5. The van der Waals surface area contributed by atoms with Crippen LogP contribution in [0.2, 0.25) is 0 Å². The van der Waals surface area contributed by atoms with E-state index >= 15 is 0 Å². The van der Waals surface area contributed by atoms with Gasteiger partial charge in [-0.3, -0.25) is 0 Å². The number of hydrogen-bond donors (Lipinski definition) is 1. The third-order valence-corrected chi connectivity index (χ3v) is 2.07. The molecule has 2 heterocycles. The molecule has 0 fully saturated rings. The van der Waals surface area contributed by atoms with Crippen molar-refractivity contribution in [1.29, 1.82) is 0 Å². The number of furan rings is 1. The van der Waals surface area contributed by atoms with Gasteiger partial charge in [-0.15, -0.1) is 0 Å². The summed E-state index contributed by atoms with van der Waals surface area (Å²) in [5.41, 5.74) is 0. The third-order valence-electron chi connectivity index (χ3n) is 2.07. The van der Waals surface area contributed by atoms with Gasteiger partial charge in [0.05, 0.1) is 13.4 Å². The minimum atomic E-state index is 0.269. The number of anilines is 1. The second kappa shape index (κ2) is 5.29. The van der Waals surface area contributed by atoms with Gasteiger partial charge in [0.15, 0.2) is 5.76 Å². The smallest absolute Gasteiger partial charge is 0.321 e. The van der Waals surface area contributed by atoms with Gasteiger partial charge < -0.3 is 14.5 Å². The molecule has 0 spiro atoms. The van der Waals surface area contributed by atoms with Crippen LogP contribution in [0.1, 0.15) is 13.3 Å². The van der Waals surface area contributed by atoms with Crippen LogP contribution in [0.4, 0.5) is 5.95 Å². The molecule has 0 amide bonds. The largest absolute Gasteiger partial charge is 0.467 e. The van der Waals surface area contributed by atoms with Gasteiger partial charge in [-0.05, 0) is 18.6 Å². The molecule has 1 N–H and O–H groups in total. The Balaban J connectivity index is 2.32. The molecule has 6 nitrogen and oxygen atoms in total. The molecule has 0 radical (unpaired) electrons. The van der Waals surface area contributed by atoms with Gasteiger partial charge in [0.25, 0.3) is 0 Å². The average Bonchev–Trinajstić information content (AvgIpc) is 2.89. The normalized spacial score (nSPS) is 10.2. The molecule has 0 saturated heterocycles. The lowest BCUT2D eigenvalue weighted by molar-refractivity contribution is 0.379. The maximum Gasteiger partial charge on any atom is 0.321 e. The monoisotopic (exact) mass is 234 g/mol. The molecular weight excluding hydrogens is 220 g/mol. The summed E-state index contributed by atoms with van der Waals surface area (Å²) in [5, 5.41) is 3.09. The van der Waals surface area contributed by atoms with Gasteiger partial charge in [0.1, 0.15) is 0 Å². The van der Waals surface area contributed by atoms with E-state index in [1.807, 2.05) is 0 Å². The summed E-state index contributed by atoms with van der Waals surface area (Å²) in [4.78, 5) is 12.5. The number of nitrogens with zero attached hydrogens (tertiary/aromatic N) is 3. The maximum absolute atomic E-state index is 5.24. The zero-order valence-electron chi connectivity index (χ0n) is 9.80. The zero-order chi connectivity index (χ0) is 12.1. The van der Waals surface area contributed by atoms with Crippen molar-refractivity contribution in [3.63, 3.8) is 0 Å². The van der Waals surface area contributed by atoms with Crippen LogP contribution in [0.5, 0.6) is 6.01 Å². The van der Waals surface area contributed by atoms with E-state index in [1.54, 1.807) is 18.4 Å². The van der Waals surface area contributed by atoms with Gasteiger partial charge in [-0.25, -0.2) is 0 Å². The number of ether oxygens (including phenoxy) is 1. The van der Waals surface area contributed by atoms with Crippen LogP contribution in [0, 0.1) is 0 Å². The standard InChI is InChI=1S/C11H14N4O2/c1-3-6-12-10-13-9(8-5-4-7-17-8)14-11(15-10)16-2/h4-5,7H,3,6H2,1-2H3,(H,12,13,14,15). The quantitative estimate of drug-likeness (QED) is 0.852. The van der Waals surface area contributed by atoms with E-state index in [2.05, 4.69) is 27.2 Å². The molecule has 2 aromatic rings. The van der Waals surface area contributed by atoms with Crippen molar-refractivity contribution in [3.8, 4) is 17.6 Å². The Morgan fingerprint density at radius 3 is 2.88 bits per heavy atom. The molecule has 0 saturated carbocycles. The minimum absolute atomic E-state index is 0.269. The first-order valence-electron chi connectivity index (χ1n) is 5.41. The first kappa shape index (κ1) is 11.4. The van der Waals surface area contributed by atoms with E-state index in [1.165, 1.54) is 7.11 Å². The molecule has 2 rings (SSSR count). The Morgan fingerprint density at radius 2 is 2.24 bits per heavy atom. The Labute approximate surface area is 99.1 Å². The van der Waals surface area contributed by atoms with Crippen LogP contribution in [0.15, 0.2) is 22.8 Å². The molecule has 0 atom stereocenters. The molecule has 0 aliphatic rings. The fourth-order valence-corrected chi connectivity index (χ4v) is 1.28. The summed E-state index contributed by atoms with van der Waals surface area (Å²) >= 11 is 0. The molecule has 90 valence electrons. The number of aromatic nitrogens is 3. The molecule has 0 aromatic carbocycles. The topological polar surface area (TPSA) is 73.1 Å². The third kappa shape index (κ3) is 2.72. The number of rotatable bonds is 5. The Kier molecular flexibility index (Phi) is 3.54. The predicted octanol–water partition coefficient (Wildman–Crippen LogP) is 1.96. The molecule has 0 aliphatic heterocycles. The fourth-order valence-electron chi connectivity index (χ4n) is 1.28. The maximum atomic E-state index is 5.24. The van der Waals surface area contributed by atoms with E-state index < -0.39 is 0 Å². The molecule has 17 heavy (non-hydrogen) atoms. The summed E-state index contributed by atoms with van der Waals surface area (Å²) in [5.74, 6) is 1.54. The highest BCUT2D eigenvalue weighted by Gasteiger charge is 2.10. The van der Waals surface area contributed by atoms with E-state index in [9.17, 15) is 0 Å². The minimum Gasteiger partial charge on any atom is -0.467 e. The lowest BCUT2D eigenvalue weighted by Gasteiger charge is -2.05. The summed E-state index contributed by atoms with van der Waals surface area (Å²) in [6.45, 7) is 2.86. The number of nitrogens with one attached hydrogen (secondary N) is 1. The van der Waals surface area contributed by atoms with E-state index in [0.29, 0.717) is 17.5 Å². The highest BCUT2D eigenvalue weighted by Crippen LogP contribution is 2.18.